The number of benzene rings is 1. The Hall–Kier alpha value is -1.95. The number of nitrogens with zero attached hydrogens (tertiary/aromatic N) is 1. The van der Waals surface area contributed by atoms with E-state index < -0.39 is 23.7 Å². The molecule has 0 spiro atoms. The predicted molar refractivity (Wildman–Crippen MR) is 70.6 cm³/mol. The topological polar surface area (TPSA) is 83.6 Å². The Labute approximate surface area is 116 Å². The molecule has 1 heterocycles. The van der Waals surface area contributed by atoms with Gasteiger partial charge in [0.05, 0.1) is 11.6 Å². The minimum Gasteiger partial charge on any atom is -0.478 e. The molecule has 0 saturated carbocycles. The van der Waals surface area contributed by atoms with Crippen molar-refractivity contribution in [1.29, 1.82) is 0 Å². The van der Waals surface area contributed by atoms with Crippen LogP contribution < -0.4 is 5.73 Å². The van der Waals surface area contributed by atoms with Gasteiger partial charge in [-0.15, -0.1) is 0 Å². The number of hydrogen-bond donors (Lipinski definition) is 2. The van der Waals surface area contributed by atoms with Gasteiger partial charge < -0.3 is 10.8 Å². The molecule has 20 heavy (non-hydrogen) atoms. The van der Waals surface area contributed by atoms with Crippen LogP contribution in [0.3, 0.4) is 0 Å². The van der Waals surface area contributed by atoms with E-state index in [1.54, 1.807) is 0 Å². The fraction of sp³-hybridized carbons (Fsp3) is 0.429. The number of piperidine rings is 1. The molecule has 0 radical (unpaired) electrons. The summed E-state index contributed by atoms with van der Waals surface area (Å²) in [6, 6.07) is 3.27. The van der Waals surface area contributed by atoms with Gasteiger partial charge in [-0.1, -0.05) is 6.42 Å². The van der Waals surface area contributed by atoms with Crippen LogP contribution in [0.4, 0.5) is 4.39 Å². The van der Waals surface area contributed by atoms with Crippen molar-refractivity contribution in [3.05, 3.63) is 35.1 Å². The molecular weight excluding hydrogens is 263 g/mol. The van der Waals surface area contributed by atoms with E-state index in [1.807, 2.05) is 4.90 Å². The zero-order valence-electron chi connectivity index (χ0n) is 11.0. The molecule has 6 heteroatoms. The second-order valence-electron chi connectivity index (χ2n) is 5.00. The largest absolute Gasteiger partial charge is 0.478 e. The Morgan fingerprint density at radius 1 is 1.40 bits per heavy atom. The van der Waals surface area contributed by atoms with E-state index >= 15 is 0 Å². The number of amides is 1. The maximum atomic E-state index is 13.8. The number of hydrogen-bond acceptors (Lipinski definition) is 3. The van der Waals surface area contributed by atoms with Crippen LogP contribution in [0, 0.1) is 5.82 Å². The molecule has 1 aromatic rings. The summed E-state index contributed by atoms with van der Waals surface area (Å²) in [5.74, 6) is -1.99. The number of halogens is 1. The van der Waals surface area contributed by atoms with Gasteiger partial charge >= 0.3 is 5.97 Å². The highest BCUT2D eigenvalue weighted by molar-refractivity contribution is 5.87. The molecule has 1 fully saturated rings. The lowest BCUT2D eigenvalue weighted by Gasteiger charge is -2.33. The van der Waals surface area contributed by atoms with Gasteiger partial charge in [-0.25, -0.2) is 9.18 Å². The summed E-state index contributed by atoms with van der Waals surface area (Å²) in [5.41, 5.74) is 5.67. The third kappa shape index (κ3) is 3.14. The highest BCUT2D eigenvalue weighted by Gasteiger charge is 2.27. The molecule has 3 N–H and O–H groups in total. The lowest BCUT2D eigenvalue weighted by molar-refractivity contribution is -0.124. The summed E-state index contributed by atoms with van der Waals surface area (Å²) in [5, 5.41) is 8.94. The van der Waals surface area contributed by atoms with Gasteiger partial charge in [0, 0.05) is 12.1 Å². The molecule has 1 aromatic carbocycles. The monoisotopic (exact) mass is 280 g/mol. The number of carboxylic acid groups (broad SMARTS) is 1. The quantitative estimate of drug-likeness (QED) is 0.872. The summed E-state index contributed by atoms with van der Waals surface area (Å²) >= 11 is 0. The lowest BCUT2D eigenvalue weighted by Crippen LogP contribution is -2.47. The van der Waals surface area contributed by atoms with Crippen LogP contribution in [0.2, 0.25) is 0 Å². The Morgan fingerprint density at radius 3 is 2.80 bits per heavy atom. The molecule has 0 bridgehead atoms. The zero-order valence-corrected chi connectivity index (χ0v) is 11.0. The molecule has 1 aliphatic heterocycles. The first-order valence-electron chi connectivity index (χ1n) is 6.54. The van der Waals surface area contributed by atoms with Crippen molar-refractivity contribution in [2.45, 2.75) is 31.8 Å². The van der Waals surface area contributed by atoms with Crippen molar-refractivity contribution in [3.8, 4) is 0 Å². The van der Waals surface area contributed by atoms with Crippen molar-refractivity contribution in [2.24, 2.45) is 5.73 Å². The average Bonchev–Trinajstić information content (AvgIpc) is 2.41. The van der Waals surface area contributed by atoms with Gasteiger partial charge in [0.15, 0.2) is 0 Å². The number of nitrogens with two attached hydrogens (primary N) is 1. The predicted octanol–water partition coefficient (Wildman–Crippen LogP) is 1.36. The molecule has 5 nitrogen and oxygen atoms in total. The van der Waals surface area contributed by atoms with Crippen molar-refractivity contribution < 1.29 is 19.1 Å². The van der Waals surface area contributed by atoms with Gasteiger partial charge in [0.25, 0.3) is 0 Å². The highest BCUT2D eigenvalue weighted by atomic mass is 19.1. The summed E-state index contributed by atoms with van der Waals surface area (Å²) < 4.78 is 13.8. The highest BCUT2D eigenvalue weighted by Crippen LogP contribution is 2.21. The van der Waals surface area contributed by atoms with Crippen LogP contribution in [0.25, 0.3) is 0 Å². The van der Waals surface area contributed by atoms with E-state index in [-0.39, 0.29) is 17.7 Å². The first-order valence-corrected chi connectivity index (χ1v) is 6.54. The first kappa shape index (κ1) is 14.5. The molecule has 1 aliphatic rings. The zero-order chi connectivity index (χ0) is 14.7. The van der Waals surface area contributed by atoms with E-state index in [2.05, 4.69) is 0 Å². The molecule has 0 aliphatic carbocycles. The smallest absolute Gasteiger partial charge is 0.335 e. The number of aromatic carboxylic acids is 1. The molecular formula is C14H17FN2O3. The second kappa shape index (κ2) is 6.00. The summed E-state index contributed by atoms with van der Waals surface area (Å²) in [7, 11) is 0. The number of carbonyl (C=O) groups excluding carboxylic acids is 1. The van der Waals surface area contributed by atoms with E-state index in [0.717, 1.165) is 18.9 Å². The SMILES string of the molecule is NC(=O)C1CCCCN1Cc1cc(C(=O)O)ccc1F. The fourth-order valence-corrected chi connectivity index (χ4v) is 2.55. The molecule has 2 rings (SSSR count). The Kier molecular flexibility index (Phi) is 4.34. The molecule has 1 atom stereocenters. The van der Waals surface area contributed by atoms with E-state index in [0.29, 0.717) is 13.0 Å². The number of carbonyl (C=O) groups is 2. The Morgan fingerprint density at radius 2 is 2.15 bits per heavy atom. The third-order valence-electron chi connectivity index (χ3n) is 3.61. The molecule has 1 amide bonds. The van der Waals surface area contributed by atoms with Crippen molar-refractivity contribution >= 4 is 11.9 Å². The van der Waals surface area contributed by atoms with Gasteiger partial charge in [-0.3, -0.25) is 9.69 Å². The van der Waals surface area contributed by atoms with Gasteiger partial charge in [-0.05, 0) is 37.6 Å². The maximum Gasteiger partial charge on any atom is 0.335 e. The molecule has 1 unspecified atom stereocenters. The number of carboxylic acids is 1. The van der Waals surface area contributed by atoms with Crippen LogP contribution in [-0.4, -0.2) is 34.5 Å². The maximum absolute atomic E-state index is 13.8. The number of likely N-dealkylation sites (tertiary alicyclic amines) is 1. The van der Waals surface area contributed by atoms with Gasteiger partial charge in [-0.2, -0.15) is 0 Å². The Bertz CT molecular complexity index is 533. The van der Waals surface area contributed by atoms with E-state index in [9.17, 15) is 14.0 Å². The van der Waals surface area contributed by atoms with E-state index in [4.69, 9.17) is 10.8 Å². The van der Waals surface area contributed by atoms with Crippen LogP contribution in [0.5, 0.6) is 0 Å². The molecule has 108 valence electrons. The van der Waals surface area contributed by atoms with Crippen LogP contribution >= 0.6 is 0 Å². The minimum atomic E-state index is -1.10. The van der Waals surface area contributed by atoms with Gasteiger partial charge in [0.1, 0.15) is 5.82 Å². The second-order valence-corrected chi connectivity index (χ2v) is 5.00. The van der Waals surface area contributed by atoms with Crippen LogP contribution in [-0.2, 0) is 11.3 Å². The molecule has 0 aromatic heterocycles. The normalized spacial score (nSPS) is 19.8. The average molecular weight is 280 g/mol. The summed E-state index contributed by atoms with van der Waals surface area (Å²) in [6.07, 6.45) is 2.50. The van der Waals surface area contributed by atoms with E-state index in [1.165, 1.54) is 12.1 Å². The number of rotatable bonds is 4. The van der Waals surface area contributed by atoms with Crippen molar-refractivity contribution in [1.82, 2.24) is 4.90 Å². The van der Waals surface area contributed by atoms with Gasteiger partial charge in [0.2, 0.25) is 5.91 Å². The fourth-order valence-electron chi connectivity index (χ4n) is 2.55. The molecule has 1 saturated heterocycles. The summed E-state index contributed by atoms with van der Waals surface area (Å²) in [6.45, 7) is 0.852. The van der Waals surface area contributed by atoms with Crippen molar-refractivity contribution in [2.75, 3.05) is 6.54 Å². The minimum absolute atomic E-state index is 0.0361. The summed E-state index contributed by atoms with van der Waals surface area (Å²) in [4.78, 5) is 24.1. The van der Waals surface area contributed by atoms with Crippen LogP contribution in [0.15, 0.2) is 18.2 Å². The first-order chi connectivity index (χ1) is 9.49. The third-order valence-corrected chi connectivity index (χ3v) is 3.61. The van der Waals surface area contributed by atoms with Crippen molar-refractivity contribution in [3.63, 3.8) is 0 Å². The van der Waals surface area contributed by atoms with Crippen LogP contribution in [0.1, 0.15) is 35.2 Å². The lowest BCUT2D eigenvalue weighted by atomic mass is 10.00. The number of primary amides is 1. The Balaban J connectivity index is 2.21. The standard InChI is InChI=1S/C14H17FN2O3/c15-11-5-4-9(14(19)20)7-10(11)8-17-6-2-1-3-12(17)13(16)18/h4-5,7,12H,1-3,6,8H2,(H2,16,18)(H,19,20).